The highest BCUT2D eigenvalue weighted by Crippen LogP contribution is 2.38. The maximum Gasteiger partial charge on any atom is 0.343 e. The fourth-order valence-electron chi connectivity index (χ4n) is 2.23. The summed E-state index contributed by atoms with van der Waals surface area (Å²) in [5, 5.41) is 21.9. The monoisotopic (exact) mass is 442 g/mol. The average molecular weight is 443 g/mol. The summed E-state index contributed by atoms with van der Waals surface area (Å²) in [7, 11) is 0. The molecule has 0 aliphatic carbocycles. The SMILES string of the molecule is CCOC(=O)C(=CNc1ccccc1O)C(=O)c1cc(F)c(Cl)c([N+](=O)[O-])c1Cl. The molecule has 0 bridgehead atoms. The Morgan fingerprint density at radius 3 is 2.55 bits per heavy atom. The molecule has 2 rings (SSSR count). The number of rotatable bonds is 7. The minimum Gasteiger partial charge on any atom is -0.506 e. The predicted octanol–water partition coefficient (Wildman–Crippen LogP) is 4.49. The van der Waals surface area contributed by atoms with Gasteiger partial charge in [-0.3, -0.25) is 14.9 Å². The Kier molecular flexibility index (Phi) is 7.13. The molecule has 8 nitrogen and oxygen atoms in total. The van der Waals surface area contributed by atoms with E-state index < -0.39 is 49.4 Å². The van der Waals surface area contributed by atoms with E-state index in [1.807, 2.05) is 0 Å². The average Bonchev–Trinajstić information content (AvgIpc) is 2.66. The van der Waals surface area contributed by atoms with E-state index in [2.05, 4.69) is 5.32 Å². The van der Waals surface area contributed by atoms with Gasteiger partial charge in [0.15, 0.2) is 5.02 Å². The Labute approximate surface area is 173 Å². The fraction of sp³-hybridized carbons (Fsp3) is 0.111. The molecule has 0 saturated carbocycles. The molecule has 0 radical (unpaired) electrons. The van der Waals surface area contributed by atoms with Crippen LogP contribution in [0.1, 0.15) is 17.3 Å². The first kappa shape index (κ1) is 22.1. The zero-order valence-electron chi connectivity index (χ0n) is 14.7. The van der Waals surface area contributed by atoms with Crippen molar-refractivity contribution in [2.75, 3.05) is 11.9 Å². The van der Waals surface area contributed by atoms with Gasteiger partial charge >= 0.3 is 11.7 Å². The van der Waals surface area contributed by atoms with Crippen molar-refractivity contribution < 1.29 is 28.7 Å². The number of carbonyl (C=O) groups excluding carboxylic acids is 2. The van der Waals surface area contributed by atoms with Gasteiger partial charge in [0.2, 0.25) is 5.78 Å². The molecular formula is C18H13Cl2FN2O6. The Balaban J connectivity index is 2.56. The molecule has 152 valence electrons. The molecule has 2 aromatic rings. The number of aromatic hydroxyl groups is 1. The van der Waals surface area contributed by atoms with Crippen LogP contribution in [0.4, 0.5) is 15.8 Å². The number of ketones is 1. The van der Waals surface area contributed by atoms with Gasteiger partial charge in [-0.2, -0.15) is 0 Å². The minimum atomic E-state index is -1.26. The first-order valence-electron chi connectivity index (χ1n) is 7.97. The number of phenolic OH excluding ortho intramolecular Hbond substituents is 1. The molecule has 0 spiro atoms. The molecule has 0 aliphatic rings. The maximum atomic E-state index is 14.0. The van der Waals surface area contributed by atoms with Crippen molar-refractivity contribution in [3.05, 3.63) is 73.6 Å². The number of nitro benzene ring substituents is 1. The number of phenols is 1. The fourth-order valence-corrected chi connectivity index (χ4v) is 2.80. The van der Waals surface area contributed by atoms with Gasteiger partial charge in [0.1, 0.15) is 22.2 Å². The van der Waals surface area contributed by atoms with Gasteiger partial charge < -0.3 is 15.2 Å². The van der Waals surface area contributed by atoms with E-state index in [0.717, 1.165) is 6.20 Å². The van der Waals surface area contributed by atoms with E-state index in [1.165, 1.54) is 19.1 Å². The smallest absolute Gasteiger partial charge is 0.343 e. The number of hydrogen-bond acceptors (Lipinski definition) is 7. The zero-order chi connectivity index (χ0) is 21.7. The molecule has 0 atom stereocenters. The van der Waals surface area contributed by atoms with Crippen molar-refractivity contribution in [2.24, 2.45) is 0 Å². The van der Waals surface area contributed by atoms with Crippen molar-refractivity contribution in [3.8, 4) is 5.75 Å². The van der Waals surface area contributed by atoms with Gasteiger partial charge in [-0.1, -0.05) is 35.3 Å². The van der Waals surface area contributed by atoms with Crippen LogP contribution in [0, 0.1) is 15.9 Å². The number of para-hydroxylation sites is 2. The number of ether oxygens (including phenoxy) is 1. The second-order valence-electron chi connectivity index (χ2n) is 5.41. The van der Waals surface area contributed by atoms with E-state index in [1.54, 1.807) is 12.1 Å². The van der Waals surface area contributed by atoms with E-state index >= 15 is 0 Å². The number of hydrogen-bond donors (Lipinski definition) is 2. The van der Waals surface area contributed by atoms with E-state index in [4.69, 9.17) is 27.9 Å². The van der Waals surface area contributed by atoms with Gasteiger partial charge in [-0.15, -0.1) is 0 Å². The number of benzene rings is 2. The molecule has 2 aromatic carbocycles. The summed E-state index contributed by atoms with van der Waals surface area (Å²) >= 11 is 11.5. The van der Waals surface area contributed by atoms with Crippen molar-refractivity contribution in [1.82, 2.24) is 0 Å². The third-order valence-electron chi connectivity index (χ3n) is 3.58. The second-order valence-corrected chi connectivity index (χ2v) is 6.16. The van der Waals surface area contributed by atoms with Crippen LogP contribution in [0.25, 0.3) is 0 Å². The summed E-state index contributed by atoms with van der Waals surface area (Å²) in [6, 6.07) is 6.54. The topological polar surface area (TPSA) is 119 Å². The first-order valence-corrected chi connectivity index (χ1v) is 8.73. The van der Waals surface area contributed by atoms with Crippen LogP contribution >= 0.6 is 23.2 Å². The first-order chi connectivity index (χ1) is 13.7. The number of nitro groups is 1. The van der Waals surface area contributed by atoms with Crippen molar-refractivity contribution >= 4 is 46.3 Å². The number of halogens is 3. The molecule has 0 heterocycles. The molecule has 11 heteroatoms. The third kappa shape index (κ3) is 4.82. The lowest BCUT2D eigenvalue weighted by atomic mass is 10.0. The highest BCUT2D eigenvalue weighted by molar-refractivity contribution is 6.42. The number of esters is 1. The van der Waals surface area contributed by atoms with E-state index in [9.17, 15) is 29.2 Å². The van der Waals surface area contributed by atoms with Crippen LogP contribution < -0.4 is 5.32 Å². The molecule has 29 heavy (non-hydrogen) atoms. The Hall–Kier alpha value is -3.17. The summed E-state index contributed by atoms with van der Waals surface area (Å²) in [5.74, 6) is -3.67. The van der Waals surface area contributed by atoms with Crippen LogP contribution in [0.3, 0.4) is 0 Å². The Morgan fingerprint density at radius 2 is 1.97 bits per heavy atom. The van der Waals surface area contributed by atoms with Crippen LogP contribution in [0.2, 0.25) is 10.0 Å². The Morgan fingerprint density at radius 1 is 1.31 bits per heavy atom. The molecule has 0 aromatic heterocycles. The molecule has 0 aliphatic heterocycles. The minimum absolute atomic E-state index is 0.0805. The lowest BCUT2D eigenvalue weighted by Gasteiger charge is -2.10. The van der Waals surface area contributed by atoms with Gasteiger partial charge in [-0.05, 0) is 25.1 Å². The molecule has 2 N–H and O–H groups in total. The number of nitrogens with one attached hydrogen (secondary N) is 1. The maximum absolute atomic E-state index is 14.0. The van der Waals surface area contributed by atoms with Crippen molar-refractivity contribution in [3.63, 3.8) is 0 Å². The van der Waals surface area contributed by atoms with E-state index in [-0.39, 0.29) is 18.0 Å². The number of anilines is 1. The summed E-state index contributed by atoms with van der Waals surface area (Å²) in [5.41, 5.74) is -2.14. The Bertz CT molecular complexity index is 1030. The highest BCUT2D eigenvalue weighted by Gasteiger charge is 2.31. The molecular weight excluding hydrogens is 430 g/mol. The van der Waals surface area contributed by atoms with Crippen molar-refractivity contribution in [1.29, 1.82) is 0 Å². The largest absolute Gasteiger partial charge is 0.506 e. The molecule has 0 amide bonds. The summed E-state index contributed by atoms with van der Waals surface area (Å²) in [4.78, 5) is 35.2. The predicted molar refractivity (Wildman–Crippen MR) is 104 cm³/mol. The summed E-state index contributed by atoms with van der Waals surface area (Å²) in [6.07, 6.45) is 0.921. The van der Waals surface area contributed by atoms with Crippen LogP contribution in [-0.2, 0) is 9.53 Å². The van der Waals surface area contributed by atoms with E-state index in [0.29, 0.717) is 6.07 Å². The number of nitrogens with zero attached hydrogens (tertiary/aromatic N) is 1. The van der Waals surface area contributed by atoms with Gasteiger partial charge in [0.25, 0.3) is 0 Å². The molecule has 0 unspecified atom stereocenters. The highest BCUT2D eigenvalue weighted by atomic mass is 35.5. The van der Waals surface area contributed by atoms with Gasteiger partial charge in [0, 0.05) is 6.20 Å². The van der Waals surface area contributed by atoms with Crippen LogP contribution in [0.15, 0.2) is 42.1 Å². The number of carbonyl (C=O) groups is 2. The van der Waals surface area contributed by atoms with Gasteiger partial charge in [0.05, 0.1) is 22.8 Å². The lowest BCUT2D eigenvalue weighted by Crippen LogP contribution is -2.18. The summed E-state index contributed by atoms with van der Waals surface area (Å²) < 4.78 is 18.8. The molecule has 0 saturated heterocycles. The number of Topliss-reactive ketones (excluding diaryl/α,β-unsaturated/α-hetero) is 1. The lowest BCUT2D eigenvalue weighted by molar-refractivity contribution is -0.384. The summed E-state index contributed by atoms with van der Waals surface area (Å²) in [6.45, 7) is 1.42. The standard InChI is InChI=1S/C18H13Cl2FN2O6/c1-2-29-18(26)10(8-22-12-5-3-4-6-13(12)24)17(25)9-7-11(21)15(20)16(14(9)19)23(27)28/h3-8,22,24H,2H2,1H3. The van der Waals surface area contributed by atoms with Crippen LogP contribution in [-0.4, -0.2) is 28.4 Å². The second kappa shape index (κ2) is 9.35. The molecule has 0 fully saturated rings. The van der Waals surface area contributed by atoms with Crippen molar-refractivity contribution in [2.45, 2.75) is 6.92 Å². The quantitative estimate of drug-likeness (QED) is 0.0745. The van der Waals surface area contributed by atoms with Crippen LogP contribution in [0.5, 0.6) is 5.75 Å². The zero-order valence-corrected chi connectivity index (χ0v) is 16.3. The normalized spacial score (nSPS) is 11.1. The third-order valence-corrected chi connectivity index (χ3v) is 4.32. The van der Waals surface area contributed by atoms with Gasteiger partial charge in [-0.25, -0.2) is 9.18 Å².